The second-order valence-electron chi connectivity index (χ2n) is 5.17. The predicted octanol–water partition coefficient (Wildman–Crippen LogP) is 2.57. The maximum Gasteiger partial charge on any atom is 0.0406 e. The highest BCUT2D eigenvalue weighted by atomic mass is 35.5. The van der Waals surface area contributed by atoms with Gasteiger partial charge in [-0.05, 0) is 57.6 Å². The lowest BCUT2D eigenvalue weighted by Gasteiger charge is -2.41. The quantitative estimate of drug-likeness (QED) is 0.890. The van der Waals surface area contributed by atoms with Gasteiger partial charge in [-0.2, -0.15) is 0 Å². The van der Waals surface area contributed by atoms with Gasteiger partial charge in [0.15, 0.2) is 0 Å². The van der Waals surface area contributed by atoms with Gasteiger partial charge in [-0.25, -0.2) is 0 Å². The topological polar surface area (TPSA) is 15.3 Å². The number of rotatable bonds is 3. The third-order valence-electron chi connectivity index (χ3n) is 3.75. The van der Waals surface area contributed by atoms with Crippen LogP contribution in [0, 0.1) is 0 Å². The lowest BCUT2D eigenvalue weighted by molar-refractivity contribution is 0.151. The number of likely N-dealkylation sites (tertiary alicyclic amines) is 1. The minimum absolute atomic E-state index is 0.223. The number of nitrogens with zero attached hydrogens (tertiary/aromatic N) is 1. The molecule has 0 radical (unpaired) electrons. The number of likely N-dealkylation sites (N-methyl/N-ethyl adjacent to an activating group) is 2. The van der Waals surface area contributed by atoms with E-state index in [1.165, 1.54) is 24.9 Å². The van der Waals surface area contributed by atoms with Crippen molar-refractivity contribution in [3.05, 3.63) is 34.9 Å². The molecule has 0 spiro atoms. The Morgan fingerprint density at radius 2 is 2.06 bits per heavy atom. The molecule has 2 rings (SSSR count). The summed E-state index contributed by atoms with van der Waals surface area (Å²) in [5.41, 5.74) is 1.58. The first kappa shape index (κ1) is 12.9. The zero-order valence-corrected chi connectivity index (χ0v) is 11.4. The average molecular weight is 253 g/mol. The molecule has 1 fully saturated rings. The maximum absolute atomic E-state index is 5.92. The molecule has 0 saturated carbocycles. The molecule has 17 heavy (non-hydrogen) atoms. The van der Waals surface area contributed by atoms with Gasteiger partial charge < -0.3 is 10.2 Å². The summed E-state index contributed by atoms with van der Waals surface area (Å²) in [5, 5.41) is 4.35. The number of hydrogen-bond acceptors (Lipinski definition) is 2. The van der Waals surface area contributed by atoms with Crippen molar-refractivity contribution in [2.24, 2.45) is 0 Å². The van der Waals surface area contributed by atoms with E-state index in [0.717, 1.165) is 18.0 Å². The summed E-state index contributed by atoms with van der Waals surface area (Å²) in [6.07, 6.45) is 3.59. The molecule has 0 aromatic heterocycles. The van der Waals surface area contributed by atoms with Crippen molar-refractivity contribution in [2.45, 2.75) is 24.8 Å². The van der Waals surface area contributed by atoms with Gasteiger partial charge >= 0.3 is 0 Å². The van der Waals surface area contributed by atoms with E-state index in [1.54, 1.807) is 0 Å². The van der Waals surface area contributed by atoms with E-state index in [-0.39, 0.29) is 5.54 Å². The Bertz CT molecular complexity index is 363. The summed E-state index contributed by atoms with van der Waals surface area (Å²) in [6, 6.07) is 8.23. The first-order chi connectivity index (χ1) is 8.13. The Labute approximate surface area is 109 Å². The van der Waals surface area contributed by atoms with Crippen molar-refractivity contribution >= 4 is 11.6 Å². The van der Waals surface area contributed by atoms with Crippen molar-refractivity contribution in [3.8, 4) is 0 Å². The standard InChI is InChI=1S/C14H21ClN2/c1-16-14(8-3-9-17(2)11-14)10-12-4-6-13(15)7-5-12/h4-7,16H,3,8-11H2,1-2H3. The van der Waals surface area contributed by atoms with Crippen molar-refractivity contribution < 1.29 is 0 Å². The molecule has 1 aliphatic heterocycles. The molecule has 0 bridgehead atoms. The van der Waals surface area contributed by atoms with Gasteiger partial charge in [-0.3, -0.25) is 0 Å². The van der Waals surface area contributed by atoms with Gasteiger partial charge in [0.05, 0.1) is 0 Å². The van der Waals surface area contributed by atoms with Crippen LogP contribution in [-0.2, 0) is 6.42 Å². The van der Waals surface area contributed by atoms with Crippen LogP contribution in [0.5, 0.6) is 0 Å². The van der Waals surface area contributed by atoms with Crippen LogP contribution in [-0.4, -0.2) is 37.6 Å². The Kier molecular flexibility index (Phi) is 4.08. The molecule has 1 atom stereocenters. The molecule has 1 N–H and O–H groups in total. The normalized spacial score (nSPS) is 26.1. The Balaban J connectivity index is 2.10. The van der Waals surface area contributed by atoms with Crippen LogP contribution in [0.1, 0.15) is 18.4 Å². The van der Waals surface area contributed by atoms with Gasteiger partial charge in [0, 0.05) is 17.1 Å². The minimum atomic E-state index is 0.223. The highest BCUT2D eigenvalue weighted by molar-refractivity contribution is 6.30. The molecule has 94 valence electrons. The Hall–Kier alpha value is -0.570. The monoisotopic (exact) mass is 252 g/mol. The SMILES string of the molecule is CNC1(Cc2ccc(Cl)cc2)CCCN(C)C1. The third kappa shape index (κ3) is 3.21. The van der Waals surface area contributed by atoms with Crippen LogP contribution in [0.15, 0.2) is 24.3 Å². The molecule has 1 saturated heterocycles. The number of halogens is 1. The second-order valence-corrected chi connectivity index (χ2v) is 5.61. The van der Waals surface area contributed by atoms with Crippen LogP contribution in [0.4, 0.5) is 0 Å². The third-order valence-corrected chi connectivity index (χ3v) is 4.01. The fraction of sp³-hybridized carbons (Fsp3) is 0.571. The lowest BCUT2D eigenvalue weighted by atomic mass is 9.83. The fourth-order valence-electron chi connectivity index (χ4n) is 2.79. The highest BCUT2D eigenvalue weighted by Crippen LogP contribution is 2.25. The fourth-order valence-corrected chi connectivity index (χ4v) is 2.92. The predicted molar refractivity (Wildman–Crippen MR) is 73.7 cm³/mol. The van der Waals surface area contributed by atoms with E-state index in [2.05, 4.69) is 36.4 Å². The molecule has 3 heteroatoms. The molecule has 1 aromatic carbocycles. The summed E-state index contributed by atoms with van der Waals surface area (Å²) in [6.45, 7) is 2.33. The average Bonchev–Trinajstić information content (AvgIpc) is 2.32. The highest BCUT2D eigenvalue weighted by Gasteiger charge is 2.32. The number of hydrogen-bond donors (Lipinski definition) is 1. The first-order valence-corrected chi connectivity index (χ1v) is 6.63. The first-order valence-electron chi connectivity index (χ1n) is 6.25. The second kappa shape index (κ2) is 5.38. The smallest absolute Gasteiger partial charge is 0.0406 e. The van der Waals surface area contributed by atoms with Crippen molar-refractivity contribution in [1.29, 1.82) is 0 Å². The molecular weight excluding hydrogens is 232 g/mol. The molecule has 0 amide bonds. The maximum atomic E-state index is 5.92. The number of nitrogens with one attached hydrogen (secondary N) is 1. The van der Waals surface area contributed by atoms with Gasteiger partial charge in [0.25, 0.3) is 0 Å². The Morgan fingerprint density at radius 1 is 1.35 bits per heavy atom. The van der Waals surface area contributed by atoms with E-state index in [9.17, 15) is 0 Å². The van der Waals surface area contributed by atoms with Crippen LogP contribution >= 0.6 is 11.6 Å². The molecule has 1 heterocycles. The summed E-state index contributed by atoms with van der Waals surface area (Å²) in [4.78, 5) is 2.41. The lowest BCUT2D eigenvalue weighted by Crippen LogP contribution is -2.56. The van der Waals surface area contributed by atoms with E-state index >= 15 is 0 Å². The van der Waals surface area contributed by atoms with Crippen molar-refractivity contribution in [3.63, 3.8) is 0 Å². The Morgan fingerprint density at radius 3 is 2.65 bits per heavy atom. The van der Waals surface area contributed by atoms with Crippen LogP contribution in [0.2, 0.25) is 5.02 Å². The minimum Gasteiger partial charge on any atom is -0.313 e. The summed E-state index contributed by atoms with van der Waals surface area (Å²) >= 11 is 5.92. The zero-order valence-electron chi connectivity index (χ0n) is 10.7. The summed E-state index contributed by atoms with van der Waals surface area (Å²) in [5.74, 6) is 0. The van der Waals surface area contributed by atoms with Crippen molar-refractivity contribution in [1.82, 2.24) is 10.2 Å². The molecular formula is C14H21ClN2. The zero-order chi connectivity index (χ0) is 12.3. The van der Waals surface area contributed by atoms with E-state index in [4.69, 9.17) is 11.6 Å². The summed E-state index contributed by atoms with van der Waals surface area (Å²) in [7, 11) is 4.28. The van der Waals surface area contributed by atoms with E-state index < -0.39 is 0 Å². The number of benzene rings is 1. The molecule has 1 aliphatic rings. The van der Waals surface area contributed by atoms with Crippen LogP contribution in [0.3, 0.4) is 0 Å². The number of piperidine rings is 1. The van der Waals surface area contributed by atoms with E-state index in [1.807, 2.05) is 12.1 Å². The largest absolute Gasteiger partial charge is 0.313 e. The molecule has 1 aromatic rings. The van der Waals surface area contributed by atoms with Crippen molar-refractivity contribution in [2.75, 3.05) is 27.2 Å². The van der Waals surface area contributed by atoms with Crippen LogP contribution < -0.4 is 5.32 Å². The summed E-state index contributed by atoms with van der Waals surface area (Å²) < 4.78 is 0. The molecule has 2 nitrogen and oxygen atoms in total. The molecule has 0 aliphatic carbocycles. The van der Waals surface area contributed by atoms with Gasteiger partial charge in [0.1, 0.15) is 0 Å². The van der Waals surface area contributed by atoms with Gasteiger partial charge in [-0.1, -0.05) is 23.7 Å². The van der Waals surface area contributed by atoms with Gasteiger partial charge in [-0.15, -0.1) is 0 Å². The van der Waals surface area contributed by atoms with Gasteiger partial charge in [0.2, 0.25) is 0 Å². The van der Waals surface area contributed by atoms with E-state index in [0.29, 0.717) is 0 Å². The molecule has 1 unspecified atom stereocenters. The van der Waals surface area contributed by atoms with Crippen LogP contribution in [0.25, 0.3) is 0 Å².